The van der Waals surface area contributed by atoms with Gasteiger partial charge in [-0.05, 0) is 30.7 Å². The van der Waals surface area contributed by atoms with Gasteiger partial charge >= 0.3 is 0 Å². The van der Waals surface area contributed by atoms with Gasteiger partial charge in [-0.2, -0.15) is 0 Å². The number of fused-ring (bicyclic) bond motifs is 1. The zero-order valence-electron chi connectivity index (χ0n) is 9.94. The molecule has 2 aliphatic rings. The van der Waals surface area contributed by atoms with Gasteiger partial charge in [-0.3, -0.25) is 0 Å². The molecule has 3 nitrogen and oxygen atoms in total. The minimum atomic E-state index is 0.150. The molecule has 1 aliphatic carbocycles. The lowest BCUT2D eigenvalue weighted by molar-refractivity contribution is 1.01. The van der Waals surface area contributed by atoms with Crippen molar-refractivity contribution < 1.29 is 0 Å². The molecule has 0 amide bonds. The summed E-state index contributed by atoms with van der Waals surface area (Å²) in [5.74, 6) is 0.738. The van der Waals surface area contributed by atoms with Crippen LogP contribution in [0, 0.1) is 0 Å². The van der Waals surface area contributed by atoms with Gasteiger partial charge < -0.3 is 5.32 Å². The Balaban J connectivity index is 2.04. The van der Waals surface area contributed by atoms with Gasteiger partial charge in [0.15, 0.2) is 5.82 Å². The fraction of sp³-hybridized carbons (Fsp3) is 0.143. The normalized spacial score (nSPS) is 21.8. The van der Waals surface area contributed by atoms with Crippen LogP contribution in [0.1, 0.15) is 6.92 Å². The van der Waals surface area contributed by atoms with Crippen molar-refractivity contribution in [1.82, 2.24) is 4.98 Å². The van der Waals surface area contributed by atoms with Crippen molar-refractivity contribution in [2.75, 3.05) is 5.32 Å². The van der Waals surface area contributed by atoms with Gasteiger partial charge in [-0.1, -0.05) is 28.6 Å². The van der Waals surface area contributed by atoms with Crippen LogP contribution in [-0.4, -0.2) is 16.7 Å². The molecule has 1 unspecified atom stereocenters. The van der Waals surface area contributed by atoms with E-state index in [0.29, 0.717) is 0 Å². The number of allylic oxidation sites excluding steroid dienone is 4. The Kier molecular flexibility index (Phi) is 2.67. The molecule has 1 aliphatic heterocycles. The smallest absolute Gasteiger partial charge is 0.175 e. The quantitative estimate of drug-likeness (QED) is 0.858. The summed E-state index contributed by atoms with van der Waals surface area (Å²) in [7, 11) is 0. The van der Waals surface area contributed by atoms with Crippen molar-refractivity contribution in [2.45, 2.75) is 13.0 Å². The van der Waals surface area contributed by atoms with Crippen LogP contribution >= 0.6 is 15.9 Å². The maximum atomic E-state index is 4.65. The summed E-state index contributed by atoms with van der Waals surface area (Å²) < 4.78 is 1.01. The molecule has 0 saturated heterocycles. The van der Waals surface area contributed by atoms with Crippen LogP contribution in [0.25, 0.3) is 0 Å². The Hall–Kier alpha value is -1.68. The van der Waals surface area contributed by atoms with Crippen molar-refractivity contribution in [3.05, 3.63) is 52.7 Å². The van der Waals surface area contributed by atoms with Gasteiger partial charge in [0, 0.05) is 16.3 Å². The topological polar surface area (TPSA) is 37.3 Å². The summed E-state index contributed by atoms with van der Waals surface area (Å²) in [4.78, 5) is 8.94. The van der Waals surface area contributed by atoms with E-state index < -0.39 is 0 Å². The third-order valence-corrected chi connectivity index (χ3v) is 3.82. The molecule has 1 aromatic rings. The molecule has 2 heterocycles. The van der Waals surface area contributed by atoms with E-state index in [2.05, 4.69) is 44.7 Å². The first-order chi connectivity index (χ1) is 8.66. The molecule has 3 rings (SSSR count). The molecule has 90 valence electrons. The van der Waals surface area contributed by atoms with Crippen LogP contribution in [0.15, 0.2) is 57.7 Å². The van der Waals surface area contributed by atoms with Gasteiger partial charge in [-0.25, -0.2) is 9.98 Å². The van der Waals surface area contributed by atoms with Crippen LogP contribution in [0.4, 0.5) is 11.5 Å². The molecule has 1 aromatic heterocycles. The van der Waals surface area contributed by atoms with Crippen molar-refractivity contribution in [1.29, 1.82) is 0 Å². The Bertz CT molecular complexity index is 626. The average Bonchev–Trinajstić information content (AvgIpc) is 2.69. The number of nitrogens with zero attached hydrogens (tertiary/aromatic N) is 2. The molecule has 0 saturated carbocycles. The fourth-order valence-electron chi connectivity index (χ4n) is 2.13. The van der Waals surface area contributed by atoms with E-state index in [-0.39, 0.29) is 6.04 Å². The molecule has 0 aromatic carbocycles. The summed E-state index contributed by atoms with van der Waals surface area (Å²) in [5, 5.41) is 3.41. The van der Waals surface area contributed by atoms with Crippen LogP contribution in [0.5, 0.6) is 0 Å². The highest BCUT2D eigenvalue weighted by atomic mass is 79.9. The van der Waals surface area contributed by atoms with E-state index in [9.17, 15) is 0 Å². The number of aromatic nitrogens is 1. The van der Waals surface area contributed by atoms with Crippen molar-refractivity contribution >= 4 is 33.1 Å². The number of aliphatic imine (C=N–C) groups is 1. The number of pyridine rings is 1. The first-order valence-corrected chi connectivity index (χ1v) is 6.54. The van der Waals surface area contributed by atoms with Gasteiger partial charge in [-0.15, -0.1) is 0 Å². The Morgan fingerprint density at radius 3 is 2.94 bits per heavy atom. The molecule has 1 atom stereocenters. The molecule has 0 bridgehead atoms. The molecule has 0 fully saturated rings. The highest BCUT2D eigenvalue weighted by Crippen LogP contribution is 2.35. The molecule has 1 N–H and O–H groups in total. The van der Waals surface area contributed by atoms with E-state index in [0.717, 1.165) is 32.8 Å². The Morgan fingerprint density at radius 1 is 1.39 bits per heavy atom. The summed E-state index contributed by atoms with van der Waals surface area (Å²) in [6, 6.07) is 4.05. The largest absolute Gasteiger partial charge is 0.374 e. The highest BCUT2D eigenvalue weighted by Gasteiger charge is 2.25. The molecule has 0 radical (unpaired) electrons. The molecular formula is C14H12BrN3. The summed E-state index contributed by atoms with van der Waals surface area (Å²) in [5.41, 5.74) is 4.00. The van der Waals surface area contributed by atoms with E-state index in [1.165, 1.54) is 0 Å². The lowest BCUT2D eigenvalue weighted by Crippen LogP contribution is -2.30. The van der Waals surface area contributed by atoms with Crippen molar-refractivity contribution in [3.63, 3.8) is 0 Å². The summed E-state index contributed by atoms with van der Waals surface area (Å²) in [6.45, 7) is 6.16. The van der Waals surface area contributed by atoms with Gasteiger partial charge in [0.25, 0.3) is 0 Å². The van der Waals surface area contributed by atoms with E-state index in [4.69, 9.17) is 0 Å². The first-order valence-electron chi connectivity index (χ1n) is 5.74. The van der Waals surface area contributed by atoms with Crippen LogP contribution in [0.2, 0.25) is 0 Å². The lowest BCUT2D eigenvalue weighted by atomic mass is 9.99. The predicted molar refractivity (Wildman–Crippen MR) is 78.6 cm³/mol. The molecule has 18 heavy (non-hydrogen) atoms. The van der Waals surface area contributed by atoms with E-state index >= 15 is 0 Å². The zero-order chi connectivity index (χ0) is 12.7. The summed E-state index contributed by atoms with van der Waals surface area (Å²) >= 11 is 3.48. The van der Waals surface area contributed by atoms with Crippen LogP contribution in [0.3, 0.4) is 0 Å². The third-order valence-electron chi connectivity index (χ3n) is 3.08. The minimum absolute atomic E-state index is 0.150. The second kappa shape index (κ2) is 4.21. The SMILES string of the molecule is C=C1C(Br)=CC=C1C1=Nc2ncccc2NC1C. The second-order valence-corrected chi connectivity index (χ2v) is 5.17. The maximum absolute atomic E-state index is 4.65. The van der Waals surface area contributed by atoms with Gasteiger partial charge in [0.1, 0.15) is 0 Å². The molecular weight excluding hydrogens is 290 g/mol. The monoisotopic (exact) mass is 301 g/mol. The highest BCUT2D eigenvalue weighted by molar-refractivity contribution is 9.12. The molecule has 4 heteroatoms. The van der Waals surface area contributed by atoms with Gasteiger partial charge in [0.05, 0.1) is 17.4 Å². The number of hydrogen-bond acceptors (Lipinski definition) is 3. The Morgan fingerprint density at radius 2 is 2.22 bits per heavy atom. The predicted octanol–water partition coefficient (Wildman–Crippen LogP) is 3.74. The third kappa shape index (κ3) is 1.73. The van der Waals surface area contributed by atoms with Gasteiger partial charge in [0.2, 0.25) is 0 Å². The standard InChI is InChI=1S/C14H12BrN3/c1-8-10(5-6-11(8)15)13-9(2)17-12-4-3-7-16-14(12)18-13/h3-7,9,17H,1H2,2H3. The lowest BCUT2D eigenvalue weighted by Gasteiger charge is -2.24. The van der Waals surface area contributed by atoms with Crippen molar-refractivity contribution in [3.8, 4) is 0 Å². The van der Waals surface area contributed by atoms with Crippen LogP contribution < -0.4 is 5.32 Å². The number of rotatable bonds is 1. The molecule has 0 spiro atoms. The number of nitrogens with one attached hydrogen (secondary N) is 1. The maximum Gasteiger partial charge on any atom is 0.175 e. The average molecular weight is 302 g/mol. The minimum Gasteiger partial charge on any atom is -0.374 e. The van der Waals surface area contributed by atoms with E-state index in [1.807, 2.05) is 24.3 Å². The number of hydrogen-bond donors (Lipinski definition) is 1. The summed E-state index contributed by atoms with van der Waals surface area (Å²) in [6.07, 6.45) is 5.79. The first kappa shape index (κ1) is 11.4. The Labute approximate surface area is 114 Å². The number of halogens is 1. The number of anilines is 1. The van der Waals surface area contributed by atoms with E-state index in [1.54, 1.807) is 6.20 Å². The van der Waals surface area contributed by atoms with Crippen LogP contribution in [-0.2, 0) is 0 Å². The zero-order valence-corrected chi connectivity index (χ0v) is 11.5. The second-order valence-electron chi connectivity index (χ2n) is 4.31. The van der Waals surface area contributed by atoms with Crippen molar-refractivity contribution in [2.24, 2.45) is 4.99 Å². The fourth-order valence-corrected chi connectivity index (χ4v) is 2.48.